The van der Waals surface area contributed by atoms with Crippen LogP contribution in [0.3, 0.4) is 0 Å². The number of methoxy groups -OCH3 is 1. The van der Waals surface area contributed by atoms with E-state index in [1.54, 1.807) is 19.2 Å². The summed E-state index contributed by atoms with van der Waals surface area (Å²) in [6, 6.07) is 25.1. The number of rotatable bonds is 9. The van der Waals surface area contributed by atoms with E-state index in [2.05, 4.69) is 12.1 Å². The van der Waals surface area contributed by atoms with Crippen LogP contribution < -0.4 is 9.47 Å². The number of benzene rings is 3. The SMILES string of the molecule is COc1ccc(-c2cc(-c3ccc(Cl)cc3)n(CCc3ccccc3)n2)c(OCC(=O)O)c1. The van der Waals surface area contributed by atoms with Gasteiger partial charge in [-0.3, -0.25) is 4.68 Å². The highest BCUT2D eigenvalue weighted by Gasteiger charge is 2.17. The second kappa shape index (κ2) is 10.2. The summed E-state index contributed by atoms with van der Waals surface area (Å²) in [5.41, 5.74) is 4.48. The Bertz CT molecular complexity index is 1240. The van der Waals surface area contributed by atoms with Crippen LogP contribution in [0.4, 0.5) is 0 Å². The molecule has 4 aromatic rings. The van der Waals surface area contributed by atoms with Crippen LogP contribution in [-0.4, -0.2) is 34.6 Å². The standard InChI is InChI=1S/C26H23ClN2O4/c1-32-21-11-12-22(25(15-21)33-17-26(30)31)23-16-24(19-7-9-20(27)10-8-19)29(28-23)14-13-18-5-3-2-4-6-18/h2-12,15-16H,13-14,17H2,1H3,(H,30,31). The fraction of sp³-hybridized carbons (Fsp3) is 0.154. The van der Waals surface area contributed by atoms with Gasteiger partial charge >= 0.3 is 5.97 Å². The minimum atomic E-state index is -1.06. The fourth-order valence-corrected chi connectivity index (χ4v) is 3.68. The number of halogens is 1. The molecule has 6 nitrogen and oxygen atoms in total. The van der Waals surface area contributed by atoms with Crippen molar-refractivity contribution < 1.29 is 19.4 Å². The van der Waals surface area contributed by atoms with Crippen LogP contribution in [-0.2, 0) is 17.8 Å². The average molecular weight is 463 g/mol. The Morgan fingerprint density at radius 2 is 1.79 bits per heavy atom. The quantitative estimate of drug-likeness (QED) is 0.351. The summed E-state index contributed by atoms with van der Waals surface area (Å²) < 4.78 is 12.8. The lowest BCUT2D eigenvalue weighted by Gasteiger charge is -2.10. The van der Waals surface area contributed by atoms with Gasteiger partial charge in [0, 0.05) is 23.2 Å². The van der Waals surface area contributed by atoms with Crippen molar-refractivity contribution >= 4 is 17.6 Å². The maximum atomic E-state index is 11.1. The van der Waals surface area contributed by atoms with E-state index in [1.165, 1.54) is 5.56 Å². The van der Waals surface area contributed by atoms with Crippen LogP contribution in [0.15, 0.2) is 78.9 Å². The molecule has 4 rings (SSSR count). The lowest BCUT2D eigenvalue weighted by atomic mass is 10.1. The molecular weight excluding hydrogens is 440 g/mol. The summed E-state index contributed by atoms with van der Waals surface area (Å²) in [7, 11) is 1.55. The molecule has 0 aliphatic carbocycles. The van der Waals surface area contributed by atoms with E-state index in [-0.39, 0.29) is 0 Å². The Balaban J connectivity index is 1.74. The number of carboxylic acid groups (broad SMARTS) is 1. The third-order valence-electron chi connectivity index (χ3n) is 5.19. The lowest BCUT2D eigenvalue weighted by Crippen LogP contribution is -2.10. The van der Waals surface area contributed by atoms with Gasteiger partial charge in [-0.25, -0.2) is 4.79 Å². The van der Waals surface area contributed by atoms with Gasteiger partial charge in [0.1, 0.15) is 11.5 Å². The molecule has 0 amide bonds. The van der Waals surface area contributed by atoms with Gasteiger partial charge in [-0.2, -0.15) is 5.10 Å². The highest BCUT2D eigenvalue weighted by Crippen LogP contribution is 2.35. The first kappa shape index (κ1) is 22.4. The minimum Gasteiger partial charge on any atom is -0.497 e. The Labute approximate surface area is 197 Å². The number of aromatic nitrogens is 2. The van der Waals surface area contributed by atoms with E-state index < -0.39 is 12.6 Å². The van der Waals surface area contributed by atoms with Crippen molar-refractivity contribution in [2.45, 2.75) is 13.0 Å². The second-order valence-electron chi connectivity index (χ2n) is 7.42. The molecule has 0 aliphatic rings. The van der Waals surface area contributed by atoms with E-state index in [4.69, 9.17) is 31.3 Å². The van der Waals surface area contributed by atoms with Crippen LogP contribution in [0.1, 0.15) is 5.56 Å². The number of hydrogen-bond acceptors (Lipinski definition) is 4. The normalized spacial score (nSPS) is 10.7. The van der Waals surface area contributed by atoms with Gasteiger partial charge in [-0.1, -0.05) is 54.1 Å². The van der Waals surface area contributed by atoms with E-state index in [0.717, 1.165) is 17.7 Å². The molecule has 0 saturated heterocycles. The zero-order valence-electron chi connectivity index (χ0n) is 18.1. The summed E-state index contributed by atoms with van der Waals surface area (Å²) in [4.78, 5) is 11.1. The first-order valence-corrected chi connectivity index (χ1v) is 10.8. The van der Waals surface area contributed by atoms with Crippen molar-refractivity contribution in [2.75, 3.05) is 13.7 Å². The van der Waals surface area contributed by atoms with Crippen molar-refractivity contribution in [3.05, 3.63) is 89.4 Å². The predicted octanol–water partition coefficient (Wildman–Crippen LogP) is 5.59. The summed E-state index contributed by atoms with van der Waals surface area (Å²) in [6.45, 7) is 0.211. The number of carboxylic acids is 1. The van der Waals surface area contributed by atoms with Crippen LogP contribution in [0, 0.1) is 0 Å². The molecule has 0 radical (unpaired) electrons. The number of carbonyl (C=O) groups is 1. The van der Waals surface area contributed by atoms with Gasteiger partial charge < -0.3 is 14.6 Å². The molecule has 0 atom stereocenters. The Kier molecular flexibility index (Phi) is 6.95. The number of ether oxygens (including phenoxy) is 2. The maximum Gasteiger partial charge on any atom is 0.341 e. The maximum absolute atomic E-state index is 11.1. The Hall–Kier alpha value is -3.77. The zero-order valence-corrected chi connectivity index (χ0v) is 18.8. The van der Waals surface area contributed by atoms with Gasteiger partial charge in [0.05, 0.1) is 18.5 Å². The number of aryl methyl sites for hydroxylation is 2. The van der Waals surface area contributed by atoms with E-state index >= 15 is 0 Å². The second-order valence-corrected chi connectivity index (χ2v) is 7.86. The molecule has 33 heavy (non-hydrogen) atoms. The van der Waals surface area contributed by atoms with Crippen molar-refractivity contribution in [2.24, 2.45) is 0 Å². The molecule has 0 spiro atoms. The molecule has 0 unspecified atom stereocenters. The predicted molar refractivity (Wildman–Crippen MR) is 128 cm³/mol. The number of aliphatic carboxylic acids is 1. The van der Waals surface area contributed by atoms with Crippen molar-refractivity contribution in [3.8, 4) is 34.0 Å². The summed E-state index contributed by atoms with van der Waals surface area (Å²) in [5.74, 6) is -0.0910. The fourth-order valence-electron chi connectivity index (χ4n) is 3.55. The van der Waals surface area contributed by atoms with Crippen LogP contribution in [0.25, 0.3) is 22.5 Å². The molecule has 7 heteroatoms. The van der Waals surface area contributed by atoms with Gasteiger partial charge in [0.25, 0.3) is 0 Å². The molecule has 0 bridgehead atoms. The van der Waals surface area contributed by atoms with Crippen molar-refractivity contribution in [3.63, 3.8) is 0 Å². The first-order chi connectivity index (χ1) is 16.0. The third-order valence-corrected chi connectivity index (χ3v) is 5.44. The molecule has 1 aromatic heterocycles. The summed E-state index contributed by atoms with van der Waals surface area (Å²) in [5, 5.41) is 14.6. The molecule has 0 saturated carbocycles. The van der Waals surface area contributed by atoms with Gasteiger partial charge in [-0.15, -0.1) is 0 Å². The third kappa shape index (κ3) is 5.54. The molecule has 1 heterocycles. The average Bonchev–Trinajstić information content (AvgIpc) is 3.26. The number of nitrogens with zero attached hydrogens (tertiary/aromatic N) is 2. The Morgan fingerprint density at radius 1 is 1.03 bits per heavy atom. The van der Waals surface area contributed by atoms with E-state index in [9.17, 15) is 4.79 Å². The number of hydrogen-bond donors (Lipinski definition) is 1. The van der Waals surface area contributed by atoms with Crippen LogP contribution in [0.2, 0.25) is 5.02 Å². The summed E-state index contributed by atoms with van der Waals surface area (Å²) >= 11 is 6.09. The lowest BCUT2D eigenvalue weighted by molar-refractivity contribution is -0.139. The minimum absolute atomic E-state index is 0.395. The van der Waals surface area contributed by atoms with Crippen molar-refractivity contribution in [1.82, 2.24) is 9.78 Å². The molecule has 0 aliphatic heterocycles. The highest BCUT2D eigenvalue weighted by atomic mass is 35.5. The van der Waals surface area contributed by atoms with Crippen molar-refractivity contribution in [1.29, 1.82) is 0 Å². The first-order valence-electron chi connectivity index (χ1n) is 10.4. The highest BCUT2D eigenvalue weighted by molar-refractivity contribution is 6.30. The monoisotopic (exact) mass is 462 g/mol. The van der Waals surface area contributed by atoms with Gasteiger partial charge in [0.2, 0.25) is 0 Å². The molecule has 1 N–H and O–H groups in total. The largest absolute Gasteiger partial charge is 0.497 e. The topological polar surface area (TPSA) is 73.6 Å². The molecule has 168 valence electrons. The van der Waals surface area contributed by atoms with E-state index in [1.807, 2.05) is 59.3 Å². The van der Waals surface area contributed by atoms with Crippen LogP contribution >= 0.6 is 11.6 Å². The molecule has 3 aromatic carbocycles. The smallest absolute Gasteiger partial charge is 0.341 e. The van der Waals surface area contributed by atoms with Gasteiger partial charge in [0.15, 0.2) is 6.61 Å². The zero-order chi connectivity index (χ0) is 23.2. The molecule has 0 fully saturated rings. The molecular formula is C26H23ClN2O4. The van der Waals surface area contributed by atoms with Gasteiger partial charge in [-0.05, 0) is 47.9 Å². The Morgan fingerprint density at radius 3 is 2.48 bits per heavy atom. The van der Waals surface area contributed by atoms with Crippen LogP contribution in [0.5, 0.6) is 11.5 Å². The summed E-state index contributed by atoms with van der Waals surface area (Å²) in [6.07, 6.45) is 0.813. The van der Waals surface area contributed by atoms with E-state index in [0.29, 0.717) is 34.3 Å².